The molecule has 0 aromatic heterocycles. The molecule has 88 valence electrons. The van der Waals surface area contributed by atoms with E-state index in [9.17, 15) is 0 Å². The monoisotopic (exact) mass is 218 g/mol. The first kappa shape index (κ1) is 11.6. The van der Waals surface area contributed by atoms with Gasteiger partial charge < -0.3 is 11.1 Å². The molecule has 1 aliphatic rings. The fraction of sp³-hybridized carbons (Fsp3) is 0.571. The van der Waals surface area contributed by atoms with Crippen LogP contribution in [0.15, 0.2) is 18.2 Å². The first-order valence-electron chi connectivity index (χ1n) is 6.22. The van der Waals surface area contributed by atoms with E-state index in [0.717, 1.165) is 13.1 Å². The van der Waals surface area contributed by atoms with Crippen LogP contribution in [0.25, 0.3) is 0 Å². The van der Waals surface area contributed by atoms with Gasteiger partial charge in [-0.2, -0.15) is 0 Å². The van der Waals surface area contributed by atoms with Gasteiger partial charge in [0.05, 0.1) is 0 Å². The zero-order chi connectivity index (χ0) is 11.5. The van der Waals surface area contributed by atoms with Crippen LogP contribution in [0.2, 0.25) is 0 Å². The number of nitrogens with two attached hydrogens (primary N) is 1. The summed E-state index contributed by atoms with van der Waals surface area (Å²) < 4.78 is 0. The molecule has 1 atom stereocenters. The van der Waals surface area contributed by atoms with Crippen LogP contribution in [-0.2, 0) is 0 Å². The maximum atomic E-state index is 6.41. The molecule has 1 fully saturated rings. The number of rotatable bonds is 2. The second-order valence-electron chi connectivity index (χ2n) is 4.97. The van der Waals surface area contributed by atoms with E-state index in [1.54, 1.807) is 0 Å². The SMILES string of the molecule is Cc1ccc(C)c([C@H](N)C2CCNCC2)c1. The van der Waals surface area contributed by atoms with Crippen molar-refractivity contribution in [2.75, 3.05) is 13.1 Å². The van der Waals surface area contributed by atoms with E-state index >= 15 is 0 Å². The molecule has 1 aromatic rings. The molecule has 1 saturated heterocycles. The first-order chi connectivity index (χ1) is 7.68. The zero-order valence-electron chi connectivity index (χ0n) is 10.3. The van der Waals surface area contributed by atoms with E-state index in [1.165, 1.54) is 29.5 Å². The molecular weight excluding hydrogens is 196 g/mol. The van der Waals surface area contributed by atoms with Crippen LogP contribution >= 0.6 is 0 Å². The lowest BCUT2D eigenvalue weighted by Gasteiger charge is -2.29. The van der Waals surface area contributed by atoms with Crippen molar-refractivity contribution >= 4 is 0 Å². The Hall–Kier alpha value is -0.860. The number of piperidine rings is 1. The average molecular weight is 218 g/mol. The summed E-state index contributed by atoms with van der Waals surface area (Å²) in [6.07, 6.45) is 2.41. The van der Waals surface area contributed by atoms with E-state index in [1.807, 2.05) is 0 Å². The second-order valence-corrected chi connectivity index (χ2v) is 4.97. The van der Waals surface area contributed by atoms with Gasteiger partial charge in [-0.05, 0) is 56.8 Å². The van der Waals surface area contributed by atoms with E-state index in [-0.39, 0.29) is 6.04 Å². The Morgan fingerprint density at radius 2 is 1.94 bits per heavy atom. The molecule has 1 aliphatic heterocycles. The summed E-state index contributed by atoms with van der Waals surface area (Å²) >= 11 is 0. The predicted molar refractivity (Wildman–Crippen MR) is 68.4 cm³/mol. The van der Waals surface area contributed by atoms with Gasteiger partial charge in [-0.25, -0.2) is 0 Å². The van der Waals surface area contributed by atoms with Crippen molar-refractivity contribution < 1.29 is 0 Å². The smallest absolute Gasteiger partial charge is 0.0327 e. The fourth-order valence-corrected chi connectivity index (χ4v) is 2.58. The average Bonchev–Trinajstić information content (AvgIpc) is 2.32. The molecule has 1 aromatic carbocycles. The van der Waals surface area contributed by atoms with Crippen LogP contribution in [0, 0.1) is 19.8 Å². The summed E-state index contributed by atoms with van der Waals surface area (Å²) in [6, 6.07) is 6.81. The molecule has 1 heterocycles. The summed E-state index contributed by atoms with van der Waals surface area (Å²) in [6.45, 7) is 6.53. The molecule has 0 saturated carbocycles. The van der Waals surface area contributed by atoms with Gasteiger partial charge in [0.25, 0.3) is 0 Å². The molecule has 2 heteroatoms. The van der Waals surface area contributed by atoms with Crippen molar-refractivity contribution in [3.63, 3.8) is 0 Å². The number of hydrogen-bond donors (Lipinski definition) is 2. The maximum absolute atomic E-state index is 6.41. The maximum Gasteiger partial charge on any atom is 0.0327 e. The quantitative estimate of drug-likeness (QED) is 0.799. The summed E-state index contributed by atoms with van der Waals surface area (Å²) in [5, 5.41) is 3.39. The molecule has 2 rings (SSSR count). The van der Waals surface area contributed by atoms with Gasteiger partial charge in [-0.1, -0.05) is 23.8 Å². The van der Waals surface area contributed by atoms with Gasteiger partial charge >= 0.3 is 0 Å². The number of nitrogens with one attached hydrogen (secondary N) is 1. The van der Waals surface area contributed by atoms with Crippen LogP contribution in [0.5, 0.6) is 0 Å². The molecule has 2 nitrogen and oxygen atoms in total. The van der Waals surface area contributed by atoms with E-state index < -0.39 is 0 Å². The van der Waals surface area contributed by atoms with Crippen molar-refractivity contribution in [1.82, 2.24) is 5.32 Å². The second kappa shape index (κ2) is 4.98. The van der Waals surface area contributed by atoms with Crippen LogP contribution < -0.4 is 11.1 Å². The Morgan fingerprint density at radius 1 is 1.25 bits per heavy atom. The highest BCUT2D eigenvalue weighted by atomic mass is 14.9. The molecule has 0 bridgehead atoms. The topological polar surface area (TPSA) is 38.0 Å². The highest BCUT2D eigenvalue weighted by molar-refractivity contribution is 5.33. The minimum atomic E-state index is 0.210. The Morgan fingerprint density at radius 3 is 2.62 bits per heavy atom. The molecule has 0 unspecified atom stereocenters. The van der Waals surface area contributed by atoms with Crippen molar-refractivity contribution in [2.24, 2.45) is 11.7 Å². The number of benzene rings is 1. The predicted octanol–water partition coefficient (Wildman–Crippen LogP) is 2.30. The molecule has 0 spiro atoms. The van der Waals surface area contributed by atoms with Crippen molar-refractivity contribution in [2.45, 2.75) is 32.7 Å². The van der Waals surface area contributed by atoms with Gasteiger partial charge in [0.1, 0.15) is 0 Å². The Bertz CT molecular complexity index is 354. The highest BCUT2D eigenvalue weighted by Gasteiger charge is 2.22. The van der Waals surface area contributed by atoms with Crippen LogP contribution in [0.4, 0.5) is 0 Å². The van der Waals surface area contributed by atoms with E-state index in [4.69, 9.17) is 5.73 Å². The molecule has 0 aliphatic carbocycles. The van der Waals surface area contributed by atoms with Crippen molar-refractivity contribution in [3.05, 3.63) is 34.9 Å². The lowest BCUT2D eigenvalue weighted by atomic mass is 9.84. The summed E-state index contributed by atoms with van der Waals surface area (Å²) in [4.78, 5) is 0. The summed E-state index contributed by atoms with van der Waals surface area (Å²) in [7, 11) is 0. The van der Waals surface area contributed by atoms with Crippen molar-refractivity contribution in [1.29, 1.82) is 0 Å². The Kier molecular flexibility index (Phi) is 3.62. The van der Waals surface area contributed by atoms with E-state index in [2.05, 4.69) is 37.4 Å². The zero-order valence-corrected chi connectivity index (χ0v) is 10.3. The minimum absolute atomic E-state index is 0.210. The molecule has 16 heavy (non-hydrogen) atoms. The molecule has 3 N–H and O–H groups in total. The van der Waals surface area contributed by atoms with Gasteiger partial charge in [-0.3, -0.25) is 0 Å². The molecular formula is C14H22N2. The third-order valence-electron chi connectivity index (χ3n) is 3.69. The third kappa shape index (κ3) is 2.45. The lowest BCUT2D eigenvalue weighted by Crippen LogP contribution is -2.34. The standard InChI is InChI=1S/C14H22N2/c1-10-3-4-11(2)13(9-10)14(15)12-5-7-16-8-6-12/h3-4,9,12,14,16H,5-8,15H2,1-2H3/t14-/m1/s1. The highest BCUT2D eigenvalue weighted by Crippen LogP contribution is 2.29. The minimum Gasteiger partial charge on any atom is -0.324 e. The van der Waals surface area contributed by atoms with Crippen LogP contribution in [0.1, 0.15) is 35.6 Å². The fourth-order valence-electron chi connectivity index (χ4n) is 2.58. The van der Waals surface area contributed by atoms with Gasteiger partial charge in [0, 0.05) is 6.04 Å². The Balaban J connectivity index is 2.18. The summed E-state index contributed by atoms with van der Waals surface area (Å²) in [5.41, 5.74) is 10.4. The Labute approximate surface area is 98.2 Å². The van der Waals surface area contributed by atoms with Crippen LogP contribution in [-0.4, -0.2) is 13.1 Å². The molecule has 0 radical (unpaired) electrons. The van der Waals surface area contributed by atoms with Gasteiger partial charge in [-0.15, -0.1) is 0 Å². The normalized spacial score (nSPS) is 19.7. The van der Waals surface area contributed by atoms with Gasteiger partial charge in [0.15, 0.2) is 0 Å². The van der Waals surface area contributed by atoms with Crippen LogP contribution in [0.3, 0.4) is 0 Å². The van der Waals surface area contributed by atoms with Gasteiger partial charge in [0.2, 0.25) is 0 Å². The van der Waals surface area contributed by atoms with E-state index in [0.29, 0.717) is 5.92 Å². The van der Waals surface area contributed by atoms with Crippen molar-refractivity contribution in [3.8, 4) is 0 Å². The summed E-state index contributed by atoms with van der Waals surface area (Å²) in [5.74, 6) is 0.641. The third-order valence-corrected chi connectivity index (χ3v) is 3.69. The lowest BCUT2D eigenvalue weighted by molar-refractivity contribution is 0.321. The number of aryl methyl sites for hydroxylation is 2. The largest absolute Gasteiger partial charge is 0.324 e. The molecule has 0 amide bonds. The first-order valence-corrected chi connectivity index (χ1v) is 6.22. The number of hydrogen-bond acceptors (Lipinski definition) is 2.